The largest absolute Gasteiger partial charge is 0.493 e. The zero-order valence-corrected chi connectivity index (χ0v) is 10.6. The molecule has 1 aromatic rings. The molecule has 1 saturated heterocycles. The standard InChI is InChI=1S/C12H13ClO5/c1-16-10-5-8(13)4-7(6-14)11(10)18-9-2-3-17-12(9)15/h4-5,9,14H,2-3,6H2,1H3. The molecule has 2 rings (SSSR count). The molecule has 1 aliphatic heterocycles. The Bertz CT molecular complexity index is 435. The molecule has 0 saturated carbocycles. The number of methoxy groups -OCH3 is 1. The maximum atomic E-state index is 11.4. The third kappa shape index (κ3) is 2.52. The van der Waals surface area contributed by atoms with Crippen LogP contribution in [-0.2, 0) is 16.1 Å². The van der Waals surface area contributed by atoms with E-state index < -0.39 is 12.1 Å². The Balaban J connectivity index is 2.32. The molecule has 0 radical (unpaired) electrons. The van der Waals surface area contributed by atoms with E-state index in [-0.39, 0.29) is 6.61 Å². The van der Waals surface area contributed by atoms with Crippen LogP contribution < -0.4 is 9.47 Å². The predicted molar refractivity (Wildman–Crippen MR) is 63.9 cm³/mol. The van der Waals surface area contributed by atoms with Crippen LogP contribution >= 0.6 is 11.6 Å². The summed E-state index contributed by atoms with van der Waals surface area (Å²) in [6.45, 7) is 0.0852. The van der Waals surface area contributed by atoms with E-state index in [9.17, 15) is 9.90 Å². The lowest BCUT2D eigenvalue weighted by atomic mass is 10.2. The highest BCUT2D eigenvalue weighted by atomic mass is 35.5. The summed E-state index contributed by atoms with van der Waals surface area (Å²) in [4.78, 5) is 11.4. The average Bonchev–Trinajstić information content (AvgIpc) is 2.76. The molecular weight excluding hydrogens is 260 g/mol. The summed E-state index contributed by atoms with van der Waals surface area (Å²) >= 11 is 5.89. The van der Waals surface area contributed by atoms with E-state index in [4.69, 9.17) is 25.8 Å². The van der Waals surface area contributed by atoms with Gasteiger partial charge in [0.05, 0.1) is 20.3 Å². The third-order valence-corrected chi connectivity index (χ3v) is 2.85. The van der Waals surface area contributed by atoms with Gasteiger partial charge in [0, 0.05) is 23.1 Å². The quantitative estimate of drug-likeness (QED) is 0.842. The lowest BCUT2D eigenvalue weighted by molar-refractivity contribution is -0.143. The van der Waals surface area contributed by atoms with E-state index in [0.717, 1.165) is 0 Å². The van der Waals surface area contributed by atoms with E-state index in [0.29, 0.717) is 35.1 Å². The summed E-state index contributed by atoms with van der Waals surface area (Å²) in [5.41, 5.74) is 0.471. The van der Waals surface area contributed by atoms with E-state index in [1.54, 1.807) is 12.1 Å². The van der Waals surface area contributed by atoms with Crippen molar-refractivity contribution in [2.24, 2.45) is 0 Å². The van der Waals surface area contributed by atoms with E-state index in [1.165, 1.54) is 7.11 Å². The summed E-state index contributed by atoms with van der Waals surface area (Å²) in [7, 11) is 1.46. The Morgan fingerprint density at radius 3 is 2.89 bits per heavy atom. The van der Waals surface area contributed by atoms with Crippen molar-refractivity contribution in [1.82, 2.24) is 0 Å². The van der Waals surface area contributed by atoms with E-state index in [1.807, 2.05) is 0 Å². The molecule has 1 N–H and O–H groups in total. The van der Waals surface area contributed by atoms with Crippen LogP contribution in [0.2, 0.25) is 5.02 Å². The maximum absolute atomic E-state index is 11.4. The number of benzene rings is 1. The topological polar surface area (TPSA) is 65.0 Å². The van der Waals surface area contributed by atoms with Crippen molar-refractivity contribution in [2.75, 3.05) is 13.7 Å². The molecule has 18 heavy (non-hydrogen) atoms. The van der Waals surface area contributed by atoms with Crippen molar-refractivity contribution < 1.29 is 24.1 Å². The van der Waals surface area contributed by atoms with Crippen molar-refractivity contribution in [3.8, 4) is 11.5 Å². The molecule has 0 aromatic heterocycles. The average molecular weight is 273 g/mol. The van der Waals surface area contributed by atoms with Crippen LogP contribution in [-0.4, -0.2) is 30.9 Å². The first-order valence-electron chi connectivity index (χ1n) is 5.46. The van der Waals surface area contributed by atoms with Gasteiger partial charge in [-0.3, -0.25) is 0 Å². The first-order chi connectivity index (χ1) is 8.65. The number of halogens is 1. The van der Waals surface area contributed by atoms with Crippen molar-refractivity contribution in [3.05, 3.63) is 22.7 Å². The minimum absolute atomic E-state index is 0.256. The number of hydrogen-bond donors (Lipinski definition) is 1. The molecule has 1 aromatic carbocycles. The van der Waals surface area contributed by atoms with Crippen molar-refractivity contribution >= 4 is 17.6 Å². The van der Waals surface area contributed by atoms with Gasteiger partial charge in [-0.1, -0.05) is 11.6 Å². The lowest BCUT2D eigenvalue weighted by Gasteiger charge is -2.16. The first kappa shape index (κ1) is 13.0. The zero-order chi connectivity index (χ0) is 13.1. The van der Waals surface area contributed by atoms with Gasteiger partial charge in [-0.25, -0.2) is 4.79 Å². The maximum Gasteiger partial charge on any atom is 0.347 e. The Morgan fingerprint density at radius 2 is 2.33 bits per heavy atom. The van der Waals surface area contributed by atoms with Gasteiger partial charge in [0.1, 0.15) is 0 Å². The molecule has 1 heterocycles. The zero-order valence-electron chi connectivity index (χ0n) is 9.81. The van der Waals surface area contributed by atoms with Gasteiger partial charge in [0.15, 0.2) is 17.6 Å². The molecule has 1 fully saturated rings. The van der Waals surface area contributed by atoms with Gasteiger partial charge in [0.25, 0.3) is 0 Å². The second-order valence-electron chi connectivity index (χ2n) is 3.82. The third-order valence-electron chi connectivity index (χ3n) is 2.63. The van der Waals surface area contributed by atoms with Gasteiger partial charge in [-0.15, -0.1) is 0 Å². The molecule has 0 amide bonds. The van der Waals surface area contributed by atoms with Gasteiger partial charge in [-0.2, -0.15) is 0 Å². The van der Waals surface area contributed by atoms with Crippen molar-refractivity contribution in [3.63, 3.8) is 0 Å². The van der Waals surface area contributed by atoms with E-state index >= 15 is 0 Å². The minimum atomic E-state index is -0.662. The first-order valence-corrected chi connectivity index (χ1v) is 5.84. The van der Waals surface area contributed by atoms with Crippen LogP contribution in [0.25, 0.3) is 0 Å². The van der Waals surface area contributed by atoms with Gasteiger partial charge in [0.2, 0.25) is 0 Å². The summed E-state index contributed by atoms with van der Waals surface area (Å²) in [5, 5.41) is 9.72. The molecule has 6 heteroatoms. The van der Waals surface area contributed by atoms with Crippen LogP contribution in [0.5, 0.6) is 11.5 Å². The number of aliphatic hydroxyl groups excluding tert-OH is 1. The monoisotopic (exact) mass is 272 g/mol. The molecule has 0 bridgehead atoms. The minimum Gasteiger partial charge on any atom is -0.493 e. The second-order valence-corrected chi connectivity index (χ2v) is 4.25. The molecule has 5 nitrogen and oxygen atoms in total. The molecule has 1 aliphatic rings. The SMILES string of the molecule is COc1cc(Cl)cc(CO)c1OC1CCOC1=O. The van der Waals surface area contributed by atoms with Crippen LogP contribution in [0.1, 0.15) is 12.0 Å². The Hall–Kier alpha value is -1.46. The molecule has 0 aliphatic carbocycles. The molecule has 98 valence electrons. The summed E-state index contributed by atoms with van der Waals surface area (Å²) in [6.07, 6.45) is -0.180. The highest BCUT2D eigenvalue weighted by Crippen LogP contribution is 2.36. The summed E-state index contributed by atoms with van der Waals surface area (Å²) < 4.78 is 15.5. The summed E-state index contributed by atoms with van der Waals surface area (Å²) in [5.74, 6) is 0.301. The number of cyclic esters (lactones) is 1. The molecule has 0 spiro atoms. The van der Waals surface area contributed by atoms with Crippen LogP contribution in [0.4, 0.5) is 0 Å². The van der Waals surface area contributed by atoms with Crippen molar-refractivity contribution in [2.45, 2.75) is 19.1 Å². The predicted octanol–water partition coefficient (Wildman–Crippen LogP) is 1.54. The normalized spacial score (nSPS) is 18.6. The number of carbonyl (C=O) groups excluding carboxylic acids is 1. The molecule has 1 unspecified atom stereocenters. The fraction of sp³-hybridized carbons (Fsp3) is 0.417. The van der Waals surface area contributed by atoms with Crippen LogP contribution in [0.15, 0.2) is 12.1 Å². The fourth-order valence-corrected chi connectivity index (χ4v) is 1.98. The smallest absolute Gasteiger partial charge is 0.347 e. The fourth-order valence-electron chi connectivity index (χ4n) is 1.75. The molecular formula is C12H13ClO5. The highest BCUT2D eigenvalue weighted by Gasteiger charge is 2.30. The number of hydrogen-bond acceptors (Lipinski definition) is 5. The Morgan fingerprint density at radius 1 is 1.56 bits per heavy atom. The number of aliphatic hydroxyl groups is 1. The van der Waals surface area contributed by atoms with Gasteiger partial charge >= 0.3 is 5.97 Å². The van der Waals surface area contributed by atoms with Crippen molar-refractivity contribution in [1.29, 1.82) is 0 Å². The van der Waals surface area contributed by atoms with Gasteiger partial charge in [-0.05, 0) is 6.07 Å². The van der Waals surface area contributed by atoms with Gasteiger partial charge < -0.3 is 19.3 Å². The van der Waals surface area contributed by atoms with Crippen LogP contribution in [0.3, 0.4) is 0 Å². The van der Waals surface area contributed by atoms with Crippen LogP contribution in [0, 0.1) is 0 Å². The number of esters is 1. The lowest BCUT2D eigenvalue weighted by Crippen LogP contribution is -2.22. The summed E-state index contributed by atoms with van der Waals surface area (Å²) in [6, 6.07) is 3.13. The number of carbonyl (C=O) groups is 1. The highest BCUT2D eigenvalue weighted by molar-refractivity contribution is 6.30. The molecule has 1 atom stereocenters. The van der Waals surface area contributed by atoms with E-state index in [2.05, 4.69) is 0 Å². The Labute approximate surface area is 109 Å². The second kappa shape index (κ2) is 5.46. The number of ether oxygens (including phenoxy) is 3. The Kier molecular flexibility index (Phi) is 3.93. The number of rotatable bonds is 4.